The van der Waals surface area contributed by atoms with Gasteiger partial charge in [-0.1, -0.05) is 136 Å². The minimum atomic E-state index is -1.02. The van der Waals surface area contributed by atoms with Gasteiger partial charge in [-0.2, -0.15) is 0 Å². The van der Waals surface area contributed by atoms with Crippen LogP contribution < -0.4 is 5.32 Å². The van der Waals surface area contributed by atoms with Crippen molar-refractivity contribution in [1.82, 2.24) is 5.32 Å². The van der Waals surface area contributed by atoms with Gasteiger partial charge in [-0.25, -0.2) is 0 Å². The highest BCUT2D eigenvalue weighted by atomic mass is 16.5. The van der Waals surface area contributed by atoms with Crippen molar-refractivity contribution in [3.05, 3.63) is 0 Å². The van der Waals surface area contributed by atoms with Gasteiger partial charge in [0.25, 0.3) is 0 Å². The number of aliphatic carboxylic acids is 1. The van der Waals surface area contributed by atoms with Crippen LogP contribution >= 0.6 is 0 Å². The van der Waals surface area contributed by atoms with Gasteiger partial charge in [0.1, 0.15) is 12.6 Å². The molecule has 0 saturated carbocycles. The summed E-state index contributed by atoms with van der Waals surface area (Å²) in [5, 5.41) is 11.0. The third-order valence-corrected chi connectivity index (χ3v) is 7.78. The molecule has 2 N–H and O–H groups in total. The van der Waals surface area contributed by atoms with Crippen molar-refractivity contribution in [2.45, 2.75) is 193 Å². The number of amides is 1. The van der Waals surface area contributed by atoms with Gasteiger partial charge >= 0.3 is 11.9 Å². The Hall–Kier alpha value is -1.59. The summed E-state index contributed by atoms with van der Waals surface area (Å²) >= 11 is 0. The monoisotopic (exact) mass is 567 g/mol. The molecule has 0 saturated heterocycles. The lowest BCUT2D eigenvalue weighted by Crippen LogP contribution is -2.28. The number of carbonyl (C=O) groups excluding carboxylic acids is 2. The summed E-state index contributed by atoms with van der Waals surface area (Å²) in [5.41, 5.74) is 0. The van der Waals surface area contributed by atoms with Gasteiger partial charge in [-0.3, -0.25) is 14.4 Å². The topological polar surface area (TPSA) is 92.7 Å². The average Bonchev–Trinajstić information content (AvgIpc) is 2.93. The van der Waals surface area contributed by atoms with E-state index in [9.17, 15) is 14.4 Å². The van der Waals surface area contributed by atoms with Gasteiger partial charge in [0, 0.05) is 12.8 Å². The molecular weight excluding hydrogens is 502 g/mol. The van der Waals surface area contributed by atoms with Crippen LogP contribution in [0.25, 0.3) is 0 Å². The number of ether oxygens (including phenoxy) is 1. The molecule has 6 heteroatoms. The number of carboxylic acid groups (broad SMARTS) is 1. The molecule has 1 atom stereocenters. The minimum absolute atomic E-state index is 0.0136. The smallest absolute Gasteiger partial charge is 0.322 e. The largest absolute Gasteiger partial charge is 0.480 e. The minimum Gasteiger partial charge on any atom is -0.480 e. The van der Waals surface area contributed by atoms with Crippen LogP contribution in [0.15, 0.2) is 0 Å². The molecule has 236 valence electrons. The number of rotatable bonds is 31. The van der Waals surface area contributed by atoms with Gasteiger partial charge < -0.3 is 15.2 Å². The second-order valence-electron chi connectivity index (χ2n) is 11.8. The molecule has 1 amide bonds. The zero-order valence-corrected chi connectivity index (χ0v) is 26.5. The maximum Gasteiger partial charge on any atom is 0.322 e. The molecule has 0 fully saturated rings. The molecule has 0 heterocycles. The molecule has 0 radical (unpaired) electrons. The zero-order chi connectivity index (χ0) is 29.5. The number of esters is 1. The molecule has 0 aromatic heterocycles. The van der Waals surface area contributed by atoms with E-state index in [0.29, 0.717) is 12.8 Å². The summed E-state index contributed by atoms with van der Waals surface area (Å²) in [6, 6.07) is 0. The summed E-state index contributed by atoms with van der Waals surface area (Å²) in [5.74, 6) is -1.26. The van der Waals surface area contributed by atoms with Crippen LogP contribution in [-0.4, -0.2) is 35.6 Å². The van der Waals surface area contributed by atoms with Crippen LogP contribution in [0.5, 0.6) is 0 Å². The molecule has 40 heavy (non-hydrogen) atoms. The molecule has 0 rings (SSSR count). The lowest BCUT2D eigenvalue weighted by molar-refractivity contribution is -0.150. The van der Waals surface area contributed by atoms with E-state index in [1.54, 1.807) is 0 Å². The molecule has 0 aromatic carbocycles. The number of carbonyl (C=O) groups is 3. The van der Waals surface area contributed by atoms with Crippen LogP contribution in [0.1, 0.15) is 187 Å². The highest BCUT2D eigenvalue weighted by Crippen LogP contribution is 2.18. The van der Waals surface area contributed by atoms with Crippen molar-refractivity contribution in [2.24, 2.45) is 0 Å². The van der Waals surface area contributed by atoms with Crippen LogP contribution in [0.4, 0.5) is 0 Å². The Bertz CT molecular complexity index is 595. The van der Waals surface area contributed by atoms with E-state index in [-0.39, 0.29) is 24.5 Å². The fourth-order valence-corrected chi connectivity index (χ4v) is 5.22. The quantitative estimate of drug-likeness (QED) is 0.0642. The average molecular weight is 568 g/mol. The van der Waals surface area contributed by atoms with E-state index >= 15 is 0 Å². The number of nitrogens with one attached hydrogen (secondary N) is 1. The highest BCUT2D eigenvalue weighted by Gasteiger charge is 2.14. The second kappa shape index (κ2) is 30.4. The van der Waals surface area contributed by atoms with Crippen molar-refractivity contribution < 1.29 is 24.2 Å². The number of hydrogen-bond donors (Lipinski definition) is 2. The van der Waals surface area contributed by atoms with E-state index in [1.807, 2.05) is 0 Å². The Labute approximate surface area is 247 Å². The fraction of sp³-hybridized carbons (Fsp3) is 0.912. The summed E-state index contributed by atoms with van der Waals surface area (Å²) in [6.45, 7) is 4.18. The van der Waals surface area contributed by atoms with Gasteiger partial charge in [-0.05, 0) is 38.5 Å². The molecule has 0 spiro atoms. The Kier molecular flexibility index (Phi) is 29.2. The van der Waals surface area contributed by atoms with Gasteiger partial charge in [-0.15, -0.1) is 0 Å². The Morgan fingerprint density at radius 3 is 1.35 bits per heavy atom. The molecule has 6 nitrogen and oxygen atoms in total. The third-order valence-electron chi connectivity index (χ3n) is 7.78. The second-order valence-corrected chi connectivity index (χ2v) is 11.8. The van der Waals surface area contributed by atoms with Gasteiger partial charge in [0.2, 0.25) is 5.91 Å². The summed E-state index contributed by atoms with van der Waals surface area (Å²) in [4.78, 5) is 34.6. The summed E-state index contributed by atoms with van der Waals surface area (Å²) in [7, 11) is 0. The van der Waals surface area contributed by atoms with E-state index in [1.165, 1.54) is 103 Å². The Balaban J connectivity index is 3.93. The fourth-order valence-electron chi connectivity index (χ4n) is 5.22. The first-order valence-electron chi connectivity index (χ1n) is 17.2. The normalized spacial score (nSPS) is 11.8. The number of unbranched alkanes of at least 4 members (excludes halogenated alkanes) is 20. The Morgan fingerprint density at radius 1 is 0.550 bits per heavy atom. The third kappa shape index (κ3) is 29.4. The molecular formula is C34H65NO5. The summed E-state index contributed by atoms with van der Waals surface area (Å²) in [6.07, 6.45) is 30.8. The van der Waals surface area contributed by atoms with Crippen LogP contribution in [0.2, 0.25) is 0 Å². The first-order chi connectivity index (χ1) is 19.5. The van der Waals surface area contributed by atoms with Crippen molar-refractivity contribution in [3.8, 4) is 0 Å². The van der Waals surface area contributed by atoms with E-state index in [4.69, 9.17) is 9.84 Å². The molecule has 0 aromatic rings. The zero-order valence-electron chi connectivity index (χ0n) is 26.5. The molecule has 1 unspecified atom stereocenters. The number of hydrogen-bond acceptors (Lipinski definition) is 4. The van der Waals surface area contributed by atoms with Crippen molar-refractivity contribution in [3.63, 3.8) is 0 Å². The van der Waals surface area contributed by atoms with Crippen molar-refractivity contribution in [1.29, 1.82) is 0 Å². The lowest BCUT2D eigenvalue weighted by Gasteiger charge is -2.18. The lowest BCUT2D eigenvalue weighted by atomic mass is 10.0. The standard InChI is InChI=1S/C34H65NO5/c1-3-5-7-9-10-11-12-13-14-15-16-17-19-25-29-34(39)40-31(26-22-18-8-6-4-2)27-23-20-21-24-28-32(36)35-30-33(37)38/h31H,3-30H2,1-2H3,(H,35,36)(H,37,38). The van der Waals surface area contributed by atoms with E-state index in [0.717, 1.165) is 57.8 Å². The van der Waals surface area contributed by atoms with Crippen molar-refractivity contribution in [2.75, 3.05) is 6.54 Å². The molecule has 0 aliphatic heterocycles. The van der Waals surface area contributed by atoms with Gasteiger partial charge in [0.15, 0.2) is 0 Å². The maximum atomic E-state index is 12.5. The van der Waals surface area contributed by atoms with Crippen LogP contribution in [0, 0.1) is 0 Å². The van der Waals surface area contributed by atoms with Crippen LogP contribution in [0.3, 0.4) is 0 Å². The molecule has 0 aliphatic rings. The molecule has 0 bridgehead atoms. The maximum absolute atomic E-state index is 12.5. The predicted octanol–water partition coefficient (Wildman–Crippen LogP) is 9.67. The van der Waals surface area contributed by atoms with Crippen LogP contribution in [-0.2, 0) is 19.1 Å². The molecule has 0 aliphatic carbocycles. The van der Waals surface area contributed by atoms with Crippen molar-refractivity contribution >= 4 is 17.8 Å². The SMILES string of the molecule is CCCCCCCCCCCCCCCCC(=O)OC(CCCCCCC)CCCCCCC(=O)NCC(=O)O. The Morgan fingerprint density at radius 2 is 0.925 bits per heavy atom. The first-order valence-corrected chi connectivity index (χ1v) is 17.2. The predicted molar refractivity (Wildman–Crippen MR) is 167 cm³/mol. The van der Waals surface area contributed by atoms with E-state index < -0.39 is 5.97 Å². The first kappa shape index (κ1) is 38.4. The van der Waals surface area contributed by atoms with E-state index in [2.05, 4.69) is 19.2 Å². The van der Waals surface area contributed by atoms with Gasteiger partial charge in [0.05, 0.1) is 0 Å². The summed E-state index contributed by atoms with van der Waals surface area (Å²) < 4.78 is 5.91. The number of carboxylic acids is 1. The highest BCUT2D eigenvalue weighted by molar-refractivity contribution is 5.80.